The lowest BCUT2D eigenvalue weighted by molar-refractivity contribution is -0.125. The van der Waals surface area contributed by atoms with Crippen LogP contribution in [0.2, 0.25) is 0 Å². The predicted octanol–water partition coefficient (Wildman–Crippen LogP) is 3.71. The Morgan fingerprint density at radius 3 is 2.64 bits per heavy atom. The van der Waals surface area contributed by atoms with Gasteiger partial charge in [0.2, 0.25) is 17.0 Å². The summed E-state index contributed by atoms with van der Waals surface area (Å²) < 4.78 is 5.31. The molecule has 0 saturated heterocycles. The molecule has 0 radical (unpaired) electrons. The average Bonchev–Trinajstić information content (AvgIpc) is 3.22. The highest BCUT2D eigenvalue weighted by atomic mass is 32.1. The van der Waals surface area contributed by atoms with E-state index < -0.39 is 17.7 Å². The summed E-state index contributed by atoms with van der Waals surface area (Å²) in [5.41, 5.74) is 0.0744. The number of hydrogen-bond donors (Lipinski definition) is 3. The second-order valence-electron chi connectivity index (χ2n) is 9.10. The number of carbonyl (C=O) groups is 2. The summed E-state index contributed by atoms with van der Waals surface area (Å²) in [5.74, 6) is 7.05. The molecule has 2 aromatic heterocycles. The van der Waals surface area contributed by atoms with E-state index in [1.165, 1.54) is 16.2 Å². The summed E-state index contributed by atoms with van der Waals surface area (Å²) in [5, 5.41) is 18.7. The van der Waals surface area contributed by atoms with Crippen molar-refractivity contribution in [1.29, 1.82) is 0 Å². The third-order valence-electron chi connectivity index (χ3n) is 4.72. The zero-order valence-electron chi connectivity index (χ0n) is 22.1. The first-order valence-electron chi connectivity index (χ1n) is 11.9. The quantitative estimate of drug-likeness (QED) is 0.319. The molecule has 0 unspecified atom stereocenters. The second-order valence-corrected chi connectivity index (χ2v) is 10.3. The maximum atomic E-state index is 12.4. The molecule has 196 valence electrons. The number of ether oxygens (including phenoxy) is 1. The molecule has 0 aromatic carbocycles. The molecular weight excluding hydrogens is 480 g/mol. The highest BCUT2D eigenvalue weighted by Gasteiger charge is 2.26. The molecule has 2 heterocycles. The zero-order chi connectivity index (χ0) is 26.7. The van der Waals surface area contributed by atoms with Crippen molar-refractivity contribution in [1.82, 2.24) is 30.4 Å². The predicted molar refractivity (Wildman–Crippen MR) is 141 cm³/mol. The lowest BCUT2D eigenvalue weighted by Gasteiger charge is -2.28. The Bertz CT molecular complexity index is 1090. The molecule has 0 aliphatic carbocycles. The molecule has 36 heavy (non-hydrogen) atoms. The SMILES string of the molecule is CCCNc1nc(Nc2nnc(C)s2)ncc1C#CCCCNC(=O)[C@H](C)N(C)C(=O)OC(C)(C)C. The lowest BCUT2D eigenvalue weighted by Crippen LogP contribution is -2.47. The van der Waals surface area contributed by atoms with Crippen molar-refractivity contribution in [3.05, 3.63) is 16.8 Å². The highest BCUT2D eigenvalue weighted by Crippen LogP contribution is 2.20. The molecule has 11 nitrogen and oxygen atoms in total. The van der Waals surface area contributed by atoms with Gasteiger partial charge in [0.25, 0.3) is 0 Å². The molecule has 3 N–H and O–H groups in total. The monoisotopic (exact) mass is 516 g/mol. The van der Waals surface area contributed by atoms with Crippen LogP contribution in [0.1, 0.15) is 64.5 Å². The highest BCUT2D eigenvalue weighted by molar-refractivity contribution is 7.15. The molecule has 0 fully saturated rings. The van der Waals surface area contributed by atoms with E-state index in [9.17, 15) is 9.59 Å². The van der Waals surface area contributed by atoms with Gasteiger partial charge in [0.15, 0.2) is 0 Å². The van der Waals surface area contributed by atoms with E-state index in [0.717, 1.165) is 18.0 Å². The molecule has 0 aliphatic heterocycles. The summed E-state index contributed by atoms with van der Waals surface area (Å²) in [4.78, 5) is 34.7. The Morgan fingerprint density at radius 2 is 2.00 bits per heavy atom. The average molecular weight is 517 g/mol. The van der Waals surface area contributed by atoms with Crippen LogP contribution in [0.3, 0.4) is 0 Å². The van der Waals surface area contributed by atoms with Gasteiger partial charge in [-0.3, -0.25) is 15.0 Å². The fourth-order valence-electron chi connectivity index (χ4n) is 2.72. The van der Waals surface area contributed by atoms with Crippen LogP contribution >= 0.6 is 11.3 Å². The minimum atomic E-state index is -0.647. The van der Waals surface area contributed by atoms with Crippen molar-refractivity contribution in [2.24, 2.45) is 0 Å². The molecule has 2 amide bonds. The Balaban J connectivity index is 1.87. The molecule has 2 aromatic rings. The van der Waals surface area contributed by atoms with Gasteiger partial charge in [-0.2, -0.15) is 4.98 Å². The van der Waals surface area contributed by atoms with Gasteiger partial charge in [-0.1, -0.05) is 30.1 Å². The van der Waals surface area contributed by atoms with Crippen molar-refractivity contribution in [2.75, 3.05) is 30.8 Å². The Hall–Kier alpha value is -3.46. The van der Waals surface area contributed by atoms with Gasteiger partial charge < -0.3 is 15.4 Å². The van der Waals surface area contributed by atoms with Gasteiger partial charge in [-0.15, -0.1) is 10.2 Å². The number of unbranched alkanes of at least 4 members (excludes halogenated alkanes) is 1. The van der Waals surface area contributed by atoms with Gasteiger partial charge in [0, 0.05) is 26.6 Å². The number of nitrogens with one attached hydrogen (secondary N) is 3. The first-order chi connectivity index (χ1) is 17.0. The standard InChI is InChI=1S/C24H36N8O3S/c1-8-13-25-19-18(15-27-21(28-19)29-22-31-30-17(3)36-22)12-10-9-11-14-26-20(33)16(2)32(7)23(34)35-24(4,5)6/h15-16H,8-9,11,13-14H2,1-7H3,(H,26,33)(H2,25,27,28,29,31)/t16-/m0/s1. The Kier molecular flexibility index (Phi) is 10.9. The Labute approximate surface area is 216 Å². The summed E-state index contributed by atoms with van der Waals surface area (Å²) in [6.45, 7) is 12.2. The summed E-state index contributed by atoms with van der Waals surface area (Å²) in [7, 11) is 1.55. The number of rotatable bonds is 10. The van der Waals surface area contributed by atoms with Crippen LogP contribution in [0.5, 0.6) is 0 Å². The number of aryl methyl sites for hydroxylation is 1. The van der Waals surface area contributed by atoms with Crippen molar-refractivity contribution in [3.8, 4) is 11.8 Å². The topological polar surface area (TPSA) is 134 Å². The third-order valence-corrected chi connectivity index (χ3v) is 5.47. The first-order valence-corrected chi connectivity index (χ1v) is 12.7. The minimum absolute atomic E-state index is 0.246. The summed E-state index contributed by atoms with van der Waals surface area (Å²) in [6, 6.07) is -0.647. The molecule has 2 rings (SSSR count). The van der Waals surface area contributed by atoms with E-state index in [-0.39, 0.29) is 5.91 Å². The number of anilines is 3. The molecule has 12 heteroatoms. The van der Waals surface area contributed by atoms with Crippen molar-refractivity contribution < 1.29 is 14.3 Å². The van der Waals surface area contributed by atoms with E-state index in [2.05, 4.69) is 54.9 Å². The number of aromatic nitrogens is 4. The smallest absolute Gasteiger partial charge is 0.410 e. The van der Waals surface area contributed by atoms with Gasteiger partial charge in [-0.25, -0.2) is 9.78 Å². The lowest BCUT2D eigenvalue weighted by atomic mass is 10.2. The maximum absolute atomic E-state index is 12.4. The summed E-state index contributed by atoms with van der Waals surface area (Å²) >= 11 is 1.42. The van der Waals surface area contributed by atoms with Crippen LogP contribution in [0.25, 0.3) is 0 Å². The molecule has 0 aliphatic rings. The van der Waals surface area contributed by atoms with Gasteiger partial charge in [0.1, 0.15) is 22.5 Å². The molecular formula is C24H36N8O3S. The molecule has 1 atom stereocenters. The van der Waals surface area contributed by atoms with Crippen LogP contribution in [0, 0.1) is 18.8 Å². The van der Waals surface area contributed by atoms with E-state index >= 15 is 0 Å². The number of carbonyl (C=O) groups excluding carboxylic acids is 2. The number of amides is 2. The van der Waals surface area contributed by atoms with Crippen LogP contribution in [0.15, 0.2) is 6.20 Å². The normalized spacial score (nSPS) is 11.6. The summed E-state index contributed by atoms with van der Waals surface area (Å²) in [6.07, 6.45) is 3.32. The first kappa shape index (κ1) is 28.8. The van der Waals surface area contributed by atoms with E-state index in [1.807, 2.05) is 6.92 Å². The van der Waals surface area contributed by atoms with Crippen molar-refractivity contribution in [2.45, 2.75) is 72.4 Å². The maximum Gasteiger partial charge on any atom is 0.410 e. The van der Waals surface area contributed by atoms with Crippen LogP contribution < -0.4 is 16.0 Å². The molecule has 0 spiro atoms. The number of hydrogen-bond acceptors (Lipinski definition) is 10. The van der Waals surface area contributed by atoms with Gasteiger partial charge in [-0.05, 0) is 47.5 Å². The Morgan fingerprint density at radius 1 is 1.25 bits per heavy atom. The van der Waals surface area contributed by atoms with Gasteiger partial charge in [0.05, 0.1) is 11.8 Å². The number of nitrogens with zero attached hydrogens (tertiary/aromatic N) is 5. The van der Waals surface area contributed by atoms with E-state index in [1.54, 1.807) is 40.9 Å². The minimum Gasteiger partial charge on any atom is -0.444 e. The van der Waals surface area contributed by atoms with Crippen LogP contribution in [-0.4, -0.2) is 68.8 Å². The van der Waals surface area contributed by atoms with Crippen LogP contribution in [0.4, 0.5) is 21.7 Å². The van der Waals surface area contributed by atoms with Crippen molar-refractivity contribution >= 4 is 40.2 Å². The third kappa shape index (κ3) is 9.65. The fraction of sp³-hybridized carbons (Fsp3) is 0.583. The van der Waals surface area contributed by atoms with Crippen molar-refractivity contribution in [3.63, 3.8) is 0 Å². The largest absolute Gasteiger partial charge is 0.444 e. The van der Waals surface area contributed by atoms with Gasteiger partial charge >= 0.3 is 6.09 Å². The zero-order valence-corrected chi connectivity index (χ0v) is 22.9. The molecule has 0 saturated carbocycles. The fourth-order valence-corrected chi connectivity index (χ4v) is 3.30. The van der Waals surface area contributed by atoms with E-state index in [0.29, 0.717) is 41.8 Å². The second kappa shape index (κ2) is 13.6. The van der Waals surface area contributed by atoms with E-state index in [4.69, 9.17) is 4.74 Å². The van der Waals surface area contributed by atoms with Crippen LogP contribution in [-0.2, 0) is 9.53 Å². The number of likely N-dealkylation sites (N-methyl/N-ethyl adjacent to an activating group) is 1. The molecule has 0 bridgehead atoms.